The van der Waals surface area contributed by atoms with E-state index in [1.165, 1.54) is 0 Å². The van der Waals surface area contributed by atoms with Crippen molar-refractivity contribution in [1.82, 2.24) is 20.5 Å². The van der Waals surface area contributed by atoms with Gasteiger partial charge < -0.3 is 15.0 Å². The summed E-state index contributed by atoms with van der Waals surface area (Å²) in [6.07, 6.45) is 7.31. The van der Waals surface area contributed by atoms with Crippen LogP contribution in [0.2, 0.25) is 0 Å². The molecule has 8 nitrogen and oxygen atoms in total. The maximum Gasteiger partial charge on any atom is 0.322 e. The number of nitrogens with zero attached hydrogens (tertiary/aromatic N) is 2. The Morgan fingerprint density at radius 2 is 2.05 bits per heavy atom. The number of allylic oxidation sites excluding steroid dienone is 2. The molecule has 200 valence electrons. The van der Waals surface area contributed by atoms with Crippen molar-refractivity contribution in [3.63, 3.8) is 0 Å². The van der Waals surface area contributed by atoms with Crippen molar-refractivity contribution in [2.75, 3.05) is 13.2 Å². The van der Waals surface area contributed by atoms with E-state index in [9.17, 15) is 14.4 Å². The summed E-state index contributed by atoms with van der Waals surface area (Å²) in [6, 6.07) is 9.24. The third-order valence-electron chi connectivity index (χ3n) is 6.98. The van der Waals surface area contributed by atoms with Crippen LogP contribution in [0.4, 0.5) is 4.79 Å². The van der Waals surface area contributed by atoms with Gasteiger partial charge in [0.1, 0.15) is 12.1 Å². The maximum atomic E-state index is 13.5. The van der Waals surface area contributed by atoms with E-state index in [4.69, 9.17) is 4.74 Å². The third-order valence-corrected chi connectivity index (χ3v) is 9.24. The van der Waals surface area contributed by atoms with Gasteiger partial charge in [-0.05, 0) is 55.5 Å². The van der Waals surface area contributed by atoms with E-state index in [2.05, 4.69) is 29.5 Å². The van der Waals surface area contributed by atoms with E-state index >= 15 is 0 Å². The van der Waals surface area contributed by atoms with Gasteiger partial charge in [-0.2, -0.15) is 0 Å². The average Bonchev–Trinajstić information content (AvgIpc) is 3.35. The Hall–Kier alpha value is -3.51. The van der Waals surface area contributed by atoms with Crippen LogP contribution in [-0.4, -0.2) is 52.1 Å². The zero-order valence-electron chi connectivity index (χ0n) is 22.5. The molecule has 38 heavy (non-hydrogen) atoms. The third kappa shape index (κ3) is 5.65. The van der Waals surface area contributed by atoms with Crippen LogP contribution in [0.5, 0.6) is 0 Å². The highest BCUT2D eigenvalue weighted by atomic mass is 31.1. The quantitative estimate of drug-likeness (QED) is 0.196. The fourth-order valence-corrected chi connectivity index (χ4v) is 7.21. The molecule has 0 saturated carbocycles. The monoisotopic (exact) mass is 534 g/mol. The Morgan fingerprint density at radius 3 is 2.68 bits per heavy atom. The van der Waals surface area contributed by atoms with E-state index < -0.39 is 25.4 Å². The van der Waals surface area contributed by atoms with Crippen molar-refractivity contribution < 1.29 is 19.1 Å². The summed E-state index contributed by atoms with van der Waals surface area (Å²) in [5.41, 5.74) is 1.97. The molecule has 0 spiro atoms. The molecule has 2 aliphatic heterocycles. The molecule has 3 atom stereocenters. The van der Waals surface area contributed by atoms with Gasteiger partial charge in [-0.1, -0.05) is 52.1 Å². The first-order valence-corrected chi connectivity index (χ1v) is 14.7. The number of rotatable bonds is 10. The summed E-state index contributed by atoms with van der Waals surface area (Å²) in [4.78, 5) is 45.1. The van der Waals surface area contributed by atoms with Gasteiger partial charge in [-0.3, -0.25) is 19.9 Å². The van der Waals surface area contributed by atoms with Crippen LogP contribution in [0, 0.1) is 0 Å². The van der Waals surface area contributed by atoms with Gasteiger partial charge in [0.15, 0.2) is 0 Å². The number of benzene rings is 1. The maximum absolute atomic E-state index is 13.5. The van der Waals surface area contributed by atoms with Gasteiger partial charge in [-0.25, -0.2) is 4.79 Å². The predicted octanol–water partition coefficient (Wildman–Crippen LogP) is 4.87. The van der Waals surface area contributed by atoms with Crippen LogP contribution >= 0.6 is 7.92 Å². The highest BCUT2D eigenvalue weighted by molar-refractivity contribution is 7.61. The second-order valence-electron chi connectivity index (χ2n) is 10.1. The van der Waals surface area contributed by atoms with Crippen molar-refractivity contribution in [1.29, 1.82) is 0 Å². The largest absolute Gasteiger partial charge is 0.493 e. The first-order chi connectivity index (χ1) is 18.1. The zero-order valence-corrected chi connectivity index (χ0v) is 23.4. The minimum absolute atomic E-state index is 0.0697. The fraction of sp³-hybridized carbons (Fsp3) is 0.379. The van der Waals surface area contributed by atoms with E-state index in [1.807, 2.05) is 68.8 Å². The van der Waals surface area contributed by atoms with Crippen LogP contribution in [0.3, 0.4) is 0 Å². The van der Waals surface area contributed by atoms with Gasteiger partial charge in [0.25, 0.3) is 11.8 Å². The lowest BCUT2D eigenvalue weighted by Gasteiger charge is -2.38. The molecule has 1 aromatic heterocycles. The second-order valence-corrected chi connectivity index (χ2v) is 12.3. The molecule has 9 heteroatoms. The summed E-state index contributed by atoms with van der Waals surface area (Å²) in [5.74, 6) is 2.50. The van der Waals surface area contributed by atoms with Crippen molar-refractivity contribution in [2.24, 2.45) is 0 Å². The molecule has 0 bridgehead atoms. The molecule has 2 aromatic rings. The first kappa shape index (κ1) is 27.5. The molecule has 0 aliphatic carbocycles. The van der Waals surface area contributed by atoms with E-state index in [0.29, 0.717) is 24.6 Å². The van der Waals surface area contributed by atoms with Gasteiger partial charge in [0.05, 0.1) is 12.3 Å². The standard InChI is InChI=1S/C29H35N4O4P/c1-6-8-25(38(5)17-20(4)37-16-21-9-7-12-30-14-21)29(27(35)31-28(36)32-29)18-33-15-23-11-10-22(19(2)3)13-24(23)26(33)34/h6-14,17,19,25H,15-16,18H2,1-5H3,(H2,31,32,35,36)/b8-6-,20-17+/t25?,29-,38?/m0/s1. The summed E-state index contributed by atoms with van der Waals surface area (Å²) in [5, 5.41) is 5.34. The van der Waals surface area contributed by atoms with Crippen molar-refractivity contribution in [3.05, 3.63) is 88.7 Å². The predicted molar refractivity (Wildman–Crippen MR) is 149 cm³/mol. The molecule has 1 fully saturated rings. The number of carbonyl (C=O) groups is 3. The van der Waals surface area contributed by atoms with Gasteiger partial charge in [0, 0.05) is 35.7 Å². The Labute approximate surface area is 225 Å². The lowest BCUT2D eigenvalue weighted by molar-refractivity contribution is -0.124. The van der Waals surface area contributed by atoms with Crippen LogP contribution in [0.1, 0.15) is 60.7 Å². The molecule has 4 amide bonds. The number of urea groups is 1. The van der Waals surface area contributed by atoms with Crippen LogP contribution in [0.15, 0.2) is 66.5 Å². The second kappa shape index (κ2) is 11.5. The number of carbonyl (C=O) groups excluding carboxylic acids is 3. The molecule has 1 aromatic carbocycles. The number of aromatic nitrogens is 1. The number of nitrogens with one attached hydrogen (secondary N) is 2. The topological polar surface area (TPSA) is 101 Å². The highest BCUT2D eigenvalue weighted by Gasteiger charge is 2.54. The number of hydrogen-bond acceptors (Lipinski definition) is 5. The number of pyridine rings is 1. The van der Waals surface area contributed by atoms with Crippen LogP contribution in [-0.2, 0) is 22.7 Å². The lowest BCUT2D eigenvalue weighted by atomic mass is 9.93. The normalized spacial score (nSPS) is 21.1. The summed E-state index contributed by atoms with van der Waals surface area (Å²) < 4.78 is 5.95. The van der Waals surface area contributed by atoms with Crippen LogP contribution in [0.25, 0.3) is 0 Å². The Morgan fingerprint density at radius 1 is 1.26 bits per heavy atom. The SMILES string of the molecule is C/C=C\C(P(C)/C=C(\C)OCc1cccnc1)[C@]1(CN2Cc3ccc(C(C)C)cc3C2=O)NC(=O)NC1=O. The minimum atomic E-state index is -1.30. The molecule has 2 unspecified atom stereocenters. The smallest absolute Gasteiger partial charge is 0.322 e. The Bertz CT molecular complexity index is 1280. The highest BCUT2D eigenvalue weighted by Crippen LogP contribution is 2.47. The average molecular weight is 535 g/mol. The lowest BCUT2D eigenvalue weighted by Crippen LogP contribution is -2.61. The molecule has 1 saturated heterocycles. The van der Waals surface area contributed by atoms with E-state index in [0.717, 1.165) is 22.4 Å². The number of hydrogen-bond donors (Lipinski definition) is 2. The van der Waals surface area contributed by atoms with Crippen molar-refractivity contribution >= 4 is 25.8 Å². The van der Waals surface area contributed by atoms with Gasteiger partial charge in [0.2, 0.25) is 0 Å². The molecule has 0 radical (unpaired) electrons. The fourth-order valence-electron chi connectivity index (χ4n) is 5.00. The summed E-state index contributed by atoms with van der Waals surface area (Å²) in [6.45, 7) is 10.8. The minimum Gasteiger partial charge on any atom is -0.493 e. The van der Waals surface area contributed by atoms with E-state index in [1.54, 1.807) is 17.3 Å². The number of amides is 4. The molecule has 2 aliphatic rings. The molecule has 2 N–H and O–H groups in total. The Kier molecular flexibility index (Phi) is 8.32. The zero-order chi connectivity index (χ0) is 27.4. The molecule has 3 heterocycles. The summed E-state index contributed by atoms with van der Waals surface area (Å²) in [7, 11) is -0.985. The van der Waals surface area contributed by atoms with Crippen molar-refractivity contribution in [2.45, 2.75) is 58.0 Å². The molecular formula is C29H35N4O4P. The van der Waals surface area contributed by atoms with Gasteiger partial charge >= 0.3 is 6.03 Å². The molecular weight excluding hydrogens is 499 g/mol. The number of fused-ring (bicyclic) bond motifs is 1. The van der Waals surface area contributed by atoms with Crippen LogP contribution < -0.4 is 10.6 Å². The number of imide groups is 1. The Balaban J connectivity index is 1.60. The van der Waals surface area contributed by atoms with Gasteiger partial charge in [-0.15, -0.1) is 0 Å². The number of ether oxygens (including phenoxy) is 1. The molecule has 4 rings (SSSR count). The van der Waals surface area contributed by atoms with E-state index in [-0.39, 0.29) is 18.1 Å². The van der Waals surface area contributed by atoms with Crippen molar-refractivity contribution in [3.8, 4) is 0 Å². The first-order valence-electron chi connectivity index (χ1n) is 12.7. The summed E-state index contributed by atoms with van der Waals surface area (Å²) >= 11 is 0.